The van der Waals surface area contributed by atoms with Crippen molar-refractivity contribution in [2.24, 2.45) is 0 Å². The second kappa shape index (κ2) is 6.14. The van der Waals surface area contributed by atoms with Gasteiger partial charge in [-0.05, 0) is 35.9 Å². The fourth-order valence-electron chi connectivity index (χ4n) is 2.70. The summed E-state index contributed by atoms with van der Waals surface area (Å²) in [6, 6.07) is 12.2. The van der Waals surface area contributed by atoms with Crippen molar-refractivity contribution < 1.29 is 9.47 Å². The van der Waals surface area contributed by atoms with Gasteiger partial charge < -0.3 is 14.0 Å². The Labute approximate surface area is 147 Å². The monoisotopic (exact) mass is 356 g/mol. The number of nitrogens with zero attached hydrogens (tertiary/aromatic N) is 2. The van der Waals surface area contributed by atoms with Gasteiger partial charge in [-0.15, -0.1) is 0 Å². The first-order chi connectivity index (χ1) is 12.1. The zero-order valence-corrected chi connectivity index (χ0v) is 13.8. The first kappa shape index (κ1) is 15.5. The lowest BCUT2D eigenvalue weighted by atomic mass is 10.2. The molecule has 2 heterocycles. The SMILES string of the molecule is O=c1c(=O)n(-c2cccc(Cl)c2)ccn1Cc1ccc2c(c1)OCO2. The van der Waals surface area contributed by atoms with Gasteiger partial charge in [0.25, 0.3) is 0 Å². The van der Waals surface area contributed by atoms with Crippen molar-refractivity contribution in [3.05, 3.63) is 86.2 Å². The van der Waals surface area contributed by atoms with E-state index in [1.165, 1.54) is 9.13 Å². The third kappa shape index (κ3) is 2.92. The van der Waals surface area contributed by atoms with Crippen molar-refractivity contribution in [3.63, 3.8) is 0 Å². The minimum Gasteiger partial charge on any atom is -0.454 e. The molecule has 0 aliphatic carbocycles. The van der Waals surface area contributed by atoms with E-state index in [1.807, 2.05) is 6.07 Å². The van der Waals surface area contributed by atoms with Gasteiger partial charge in [-0.3, -0.25) is 14.2 Å². The first-order valence-corrected chi connectivity index (χ1v) is 7.96. The van der Waals surface area contributed by atoms with E-state index in [-0.39, 0.29) is 13.3 Å². The molecule has 0 atom stereocenters. The highest BCUT2D eigenvalue weighted by atomic mass is 35.5. The Kier molecular flexibility index (Phi) is 3.82. The molecule has 0 saturated heterocycles. The lowest BCUT2D eigenvalue weighted by Gasteiger charge is -2.10. The van der Waals surface area contributed by atoms with Crippen LogP contribution >= 0.6 is 11.6 Å². The Morgan fingerprint density at radius 3 is 2.64 bits per heavy atom. The molecule has 1 aliphatic rings. The Bertz CT molecular complexity index is 1070. The molecule has 25 heavy (non-hydrogen) atoms. The number of ether oxygens (including phenoxy) is 2. The smallest absolute Gasteiger partial charge is 0.320 e. The molecule has 0 unspecified atom stereocenters. The Balaban J connectivity index is 1.69. The van der Waals surface area contributed by atoms with Crippen molar-refractivity contribution in [1.29, 1.82) is 0 Å². The molecule has 6 nitrogen and oxygen atoms in total. The third-order valence-electron chi connectivity index (χ3n) is 3.93. The lowest BCUT2D eigenvalue weighted by molar-refractivity contribution is 0.174. The van der Waals surface area contributed by atoms with Crippen LogP contribution in [0, 0.1) is 0 Å². The van der Waals surface area contributed by atoms with Gasteiger partial charge in [-0.1, -0.05) is 23.7 Å². The van der Waals surface area contributed by atoms with E-state index in [9.17, 15) is 9.59 Å². The largest absolute Gasteiger partial charge is 0.454 e. The van der Waals surface area contributed by atoms with Crippen molar-refractivity contribution in [1.82, 2.24) is 9.13 Å². The normalized spacial score (nSPS) is 12.4. The fraction of sp³-hybridized carbons (Fsp3) is 0.111. The summed E-state index contributed by atoms with van der Waals surface area (Å²) in [5, 5.41) is 0.494. The molecule has 7 heteroatoms. The predicted molar refractivity (Wildman–Crippen MR) is 93.0 cm³/mol. The summed E-state index contributed by atoms with van der Waals surface area (Å²) in [7, 11) is 0. The molecule has 0 spiro atoms. The molecule has 0 N–H and O–H groups in total. The minimum absolute atomic E-state index is 0.189. The Hall–Kier alpha value is -2.99. The molecule has 126 valence electrons. The molecule has 0 radical (unpaired) electrons. The lowest BCUT2D eigenvalue weighted by Crippen LogP contribution is -2.40. The average molecular weight is 357 g/mol. The highest BCUT2D eigenvalue weighted by molar-refractivity contribution is 6.30. The molecule has 0 fully saturated rings. The maximum absolute atomic E-state index is 12.4. The van der Waals surface area contributed by atoms with Gasteiger partial charge in [0.1, 0.15) is 0 Å². The molecule has 0 saturated carbocycles. The predicted octanol–water partition coefficient (Wildman–Crippen LogP) is 2.43. The van der Waals surface area contributed by atoms with E-state index >= 15 is 0 Å². The summed E-state index contributed by atoms with van der Waals surface area (Å²) in [6.45, 7) is 0.454. The molecular formula is C18H13ClN2O4. The third-order valence-corrected chi connectivity index (χ3v) is 4.17. The molecule has 2 aromatic carbocycles. The molecule has 1 aliphatic heterocycles. The fourth-order valence-corrected chi connectivity index (χ4v) is 2.88. The molecule has 0 amide bonds. The van der Waals surface area contributed by atoms with Crippen LogP contribution in [-0.2, 0) is 6.54 Å². The summed E-state index contributed by atoms with van der Waals surface area (Å²) in [5.41, 5.74) is 0.140. The second-order valence-corrected chi connectivity index (χ2v) is 6.01. The average Bonchev–Trinajstić information content (AvgIpc) is 3.07. The van der Waals surface area contributed by atoms with E-state index < -0.39 is 11.1 Å². The topological polar surface area (TPSA) is 62.5 Å². The van der Waals surface area contributed by atoms with Gasteiger partial charge in [-0.25, -0.2) is 0 Å². The zero-order chi connectivity index (χ0) is 17.4. The van der Waals surface area contributed by atoms with Crippen LogP contribution < -0.4 is 20.6 Å². The maximum Gasteiger partial charge on any atom is 0.320 e. The molecule has 4 rings (SSSR count). The summed E-state index contributed by atoms with van der Waals surface area (Å²) in [6.07, 6.45) is 3.14. The first-order valence-electron chi connectivity index (χ1n) is 7.58. The van der Waals surface area contributed by atoms with Crippen molar-refractivity contribution in [2.75, 3.05) is 6.79 Å². The van der Waals surface area contributed by atoms with Crippen molar-refractivity contribution >= 4 is 11.6 Å². The van der Waals surface area contributed by atoms with Crippen LogP contribution in [0.4, 0.5) is 0 Å². The van der Waals surface area contributed by atoms with Gasteiger partial charge in [0.2, 0.25) is 6.79 Å². The van der Waals surface area contributed by atoms with Gasteiger partial charge in [0.05, 0.1) is 12.2 Å². The van der Waals surface area contributed by atoms with Crippen LogP contribution in [0.2, 0.25) is 5.02 Å². The summed E-state index contributed by atoms with van der Waals surface area (Å²) < 4.78 is 13.2. The van der Waals surface area contributed by atoms with Crippen LogP contribution in [-0.4, -0.2) is 15.9 Å². The molecule has 3 aromatic rings. The molecule has 1 aromatic heterocycles. The van der Waals surface area contributed by atoms with E-state index in [0.29, 0.717) is 22.2 Å². The number of fused-ring (bicyclic) bond motifs is 1. The molecule has 0 bridgehead atoms. The Morgan fingerprint density at radius 1 is 0.960 bits per heavy atom. The standard InChI is InChI=1S/C18H13ClN2O4/c19-13-2-1-3-14(9-13)21-7-6-20(17(22)18(21)23)10-12-4-5-15-16(8-12)25-11-24-15/h1-9H,10-11H2. The number of aromatic nitrogens is 2. The van der Waals surface area contributed by atoms with Crippen LogP contribution in [0.5, 0.6) is 11.5 Å². The highest BCUT2D eigenvalue weighted by Crippen LogP contribution is 2.32. The molecular weight excluding hydrogens is 344 g/mol. The summed E-state index contributed by atoms with van der Waals surface area (Å²) in [5.74, 6) is 1.31. The van der Waals surface area contributed by atoms with E-state index in [0.717, 1.165) is 5.56 Å². The van der Waals surface area contributed by atoms with Gasteiger partial charge in [0.15, 0.2) is 11.5 Å². The Morgan fingerprint density at radius 2 is 1.80 bits per heavy atom. The minimum atomic E-state index is -0.634. The summed E-state index contributed by atoms with van der Waals surface area (Å²) in [4.78, 5) is 24.8. The number of hydrogen-bond donors (Lipinski definition) is 0. The maximum atomic E-state index is 12.4. The number of rotatable bonds is 3. The highest BCUT2D eigenvalue weighted by Gasteiger charge is 2.14. The van der Waals surface area contributed by atoms with Crippen molar-refractivity contribution in [2.45, 2.75) is 6.54 Å². The van der Waals surface area contributed by atoms with E-state index in [1.54, 1.807) is 48.8 Å². The van der Waals surface area contributed by atoms with Gasteiger partial charge in [0, 0.05) is 17.4 Å². The van der Waals surface area contributed by atoms with Crippen LogP contribution in [0.1, 0.15) is 5.56 Å². The van der Waals surface area contributed by atoms with E-state index in [2.05, 4.69) is 0 Å². The van der Waals surface area contributed by atoms with Gasteiger partial charge >= 0.3 is 11.1 Å². The second-order valence-electron chi connectivity index (χ2n) is 5.57. The number of hydrogen-bond acceptors (Lipinski definition) is 4. The quantitative estimate of drug-likeness (QED) is 0.676. The van der Waals surface area contributed by atoms with Gasteiger partial charge in [-0.2, -0.15) is 0 Å². The van der Waals surface area contributed by atoms with Crippen LogP contribution in [0.25, 0.3) is 5.69 Å². The zero-order valence-electron chi connectivity index (χ0n) is 13.0. The van der Waals surface area contributed by atoms with Crippen LogP contribution in [0.15, 0.2) is 64.4 Å². The number of halogens is 1. The summed E-state index contributed by atoms with van der Waals surface area (Å²) >= 11 is 5.95. The van der Waals surface area contributed by atoms with E-state index in [4.69, 9.17) is 21.1 Å². The van der Waals surface area contributed by atoms with Crippen LogP contribution in [0.3, 0.4) is 0 Å². The number of benzene rings is 2. The van der Waals surface area contributed by atoms with Crippen molar-refractivity contribution in [3.8, 4) is 17.2 Å².